The SMILES string of the molecule is CCN(CC(C)(C)O)C(c1ccc(Br)s1)C(C)N. The summed E-state index contributed by atoms with van der Waals surface area (Å²) in [5, 5.41) is 10.0. The normalized spacial score (nSPS) is 16.0. The van der Waals surface area contributed by atoms with Gasteiger partial charge in [-0.05, 0) is 55.4 Å². The van der Waals surface area contributed by atoms with E-state index in [2.05, 4.69) is 33.8 Å². The molecule has 0 aliphatic heterocycles. The number of rotatable bonds is 6. The van der Waals surface area contributed by atoms with Crippen LogP contribution in [0.5, 0.6) is 0 Å². The summed E-state index contributed by atoms with van der Waals surface area (Å²) >= 11 is 5.20. The molecule has 104 valence electrons. The Bertz CT molecular complexity index is 373. The van der Waals surface area contributed by atoms with Crippen LogP contribution in [0.3, 0.4) is 0 Å². The topological polar surface area (TPSA) is 49.5 Å². The second-order valence-corrected chi connectivity index (χ2v) is 7.82. The third-order valence-electron chi connectivity index (χ3n) is 2.77. The van der Waals surface area contributed by atoms with Crippen molar-refractivity contribution in [3.05, 3.63) is 20.8 Å². The monoisotopic (exact) mass is 334 g/mol. The van der Waals surface area contributed by atoms with Crippen LogP contribution >= 0.6 is 27.3 Å². The fourth-order valence-corrected chi connectivity index (χ4v) is 3.84. The molecule has 3 nitrogen and oxygen atoms in total. The van der Waals surface area contributed by atoms with Gasteiger partial charge in [0.2, 0.25) is 0 Å². The second kappa shape index (κ2) is 6.48. The van der Waals surface area contributed by atoms with Gasteiger partial charge < -0.3 is 10.8 Å². The van der Waals surface area contributed by atoms with Gasteiger partial charge >= 0.3 is 0 Å². The molecule has 1 aromatic heterocycles. The molecule has 0 saturated carbocycles. The highest BCUT2D eigenvalue weighted by Crippen LogP contribution is 2.33. The lowest BCUT2D eigenvalue weighted by molar-refractivity contribution is 0.0193. The van der Waals surface area contributed by atoms with Crippen molar-refractivity contribution in [3.8, 4) is 0 Å². The summed E-state index contributed by atoms with van der Waals surface area (Å²) < 4.78 is 1.11. The summed E-state index contributed by atoms with van der Waals surface area (Å²) in [5.41, 5.74) is 5.43. The Morgan fingerprint density at radius 3 is 2.44 bits per heavy atom. The minimum atomic E-state index is -0.711. The molecule has 1 aromatic rings. The van der Waals surface area contributed by atoms with E-state index >= 15 is 0 Å². The van der Waals surface area contributed by atoms with Crippen molar-refractivity contribution in [3.63, 3.8) is 0 Å². The zero-order valence-corrected chi connectivity index (χ0v) is 13.9. The maximum atomic E-state index is 10.0. The molecule has 0 amide bonds. The molecule has 0 fully saturated rings. The maximum absolute atomic E-state index is 10.0. The van der Waals surface area contributed by atoms with Gasteiger partial charge in [-0.25, -0.2) is 0 Å². The maximum Gasteiger partial charge on any atom is 0.0718 e. The standard InChI is InChI=1S/C13H23BrN2OS/c1-5-16(8-13(3,4)17)12(9(2)15)10-6-7-11(14)18-10/h6-7,9,12,17H,5,8,15H2,1-4H3. The summed E-state index contributed by atoms with van der Waals surface area (Å²) in [4.78, 5) is 3.48. The number of nitrogens with zero attached hydrogens (tertiary/aromatic N) is 1. The van der Waals surface area contributed by atoms with Gasteiger partial charge in [-0.15, -0.1) is 11.3 Å². The fraction of sp³-hybridized carbons (Fsp3) is 0.692. The van der Waals surface area contributed by atoms with Crippen LogP contribution in [-0.2, 0) is 0 Å². The summed E-state index contributed by atoms with van der Waals surface area (Å²) in [6.45, 7) is 9.27. The Labute approximate surface area is 122 Å². The zero-order chi connectivity index (χ0) is 13.9. The van der Waals surface area contributed by atoms with Gasteiger partial charge in [0.05, 0.1) is 15.4 Å². The number of thiophene rings is 1. The summed E-state index contributed by atoms with van der Waals surface area (Å²) in [5.74, 6) is 0. The lowest BCUT2D eigenvalue weighted by Crippen LogP contribution is -2.45. The number of nitrogens with two attached hydrogens (primary N) is 1. The minimum Gasteiger partial charge on any atom is -0.389 e. The highest BCUT2D eigenvalue weighted by atomic mass is 79.9. The molecule has 3 N–H and O–H groups in total. The Kier molecular flexibility index (Phi) is 5.80. The lowest BCUT2D eigenvalue weighted by Gasteiger charge is -2.36. The summed E-state index contributed by atoms with van der Waals surface area (Å²) in [6, 6.07) is 4.33. The average molecular weight is 335 g/mol. The Balaban J connectivity index is 2.96. The van der Waals surface area contributed by atoms with Gasteiger partial charge in [0.15, 0.2) is 0 Å². The highest BCUT2D eigenvalue weighted by molar-refractivity contribution is 9.11. The molecule has 0 spiro atoms. The van der Waals surface area contributed by atoms with Crippen molar-refractivity contribution in [1.82, 2.24) is 4.90 Å². The largest absolute Gasteiger partial charge is 0.389 e. The zero-order valence-electron chi connectivity index (χ0n) is 11.5. The van der Waals surface area contributed by atoms with Crippen LogP contribution in [0.15, 0.2) is 15.9 Å². The second-order valence-electron chi connectivity index (χ2n) is 5.32. The quantitative estimate of drug-likeness (QED) is 0.840. The van der Waals surface area contributed by atoms with Gasteiger partial charge in [0.1, 0.15) is 0 Å². The summed E-state index contributed by atoms with van der Waals surface area (Å²) in [7, 11) is 0. The van der Waals surface area contributed by atoms with E-state index in [-0.39, 0.29) is 12.1 Å². The van der Waals surface area contributed by atoms with Gasteiger partial charge in [-0.3, -0.25) is 4.90 Å². The first-order chi connectivity index (χ1) is 8.24. The van der Waals surface area contributed by atoms with Gasteiger partial charge in [0, 0.05) is 17.5 Å². The predicted molar refractivity (Wildman–Crippen MR) is 82.0 cm³/mol. The smallest absolute Gasteiger partial charge is 0.0718 e. The van der Waals surface area contributed by atoms with Crippen molar-refractivity contribution in [1.29, 1.82) is 0 Å². The van der Waals surface area contributed by atoms with Crippen molar-refractivity contribution in [2.45, 2.75) is 45.4 Å². The van der Waals surface area contributed by atoms with Gasteiger partial charge in [0.25, 0.3) is 0 Å². The Morgan fingerprint density at radius 1 is 1.50 bits per heavy atom. The minimum absolute atomic E-state index is 0.0258. The molecule has 0 bridgehead atoms. The Hall–Kier alpha value is 0.0600. The van der Waals surface area contributed by atoms with E-state index in [9.17, 15) is 5.11 Å². The molecule has 0 radical (unpaired) electrons. The molecule has 1 rings (SSSR count). The van der Waals surface area contributed by atoms with E-state index in [4.69, 9.17) is 5.73 Å². The number of aliphatic hydroxyl groups is 1. The fourth-order valence-electron chi connectivity index (χ4n) is 2.16. The average Bonchev–Trinajstić information content (AvgIpc) is 2.61. The van der Waals surface area contributed by atoms with E-state index in [1.165, 1.54) is 4.88 Å². The number of hydrogen-bond donors (Lipinski definition) is 2. The van der Waals surface area contributed by atoms with Crippen molar-refractivity contribution < 1.29 is 5.11 Å². The molecule has 0 saturated heterocycles. The van der Waals surface area contributed by atoms with Crippen molar-refractivity contribution in [2.24, 2.45) is 5.73 Å². The first-order valence-electron chi connectivity index (χ1n) is 6.22. The third-order valence-corrected chi connectivity index (χ3v) is 4.47. The number of hydrogen-bond acceptors (Lipinski definition) is 4. The molecule has 0 aromatic carbocycles. The van der Waals surface area contributed by atoms with Crippen LogP contribution in [0.2, 0.25) is 0 Å². The van der Waals surface area contributed by atoms with E-state index in [1.807, 2.05) is 26.8 Å². The molecule has 18 heavy (non-hydrogen) atoms. The first-order valence-corrected chi connectivity index (χ1v) is 7.83. The van der Waals surface area contributed by atoms with Crippen LogP contribution in [0.4, 0.5) is 0 Å². The van der Waals surface area contributed by atoms with Crippen molar-refractivity contribution >= 4 is 27.3 Å². The molecule has 5 heteroatoms. The van der Waals surface area contributed by atoms with E-state index in [0.717, 1.165) is 10.3 Å². The molecule has 2 unspecified atom stereocenters. The van der Waals surface area contributed by atoms with E-state index in [0.29, 0.717) is 6.54 Å². The molecule has 2 atom stereocenters. The van der Waals surface area contributed by atoms with Gasteiger partial charge in [-0.1, -0.05) is 6.92 Å². The van der Waals surface area contributed by atoms with Crippen LogP contribution in [-0.4, -0.2) is 34.7 Å². The number of halogens is 1. The van der Waals surface area contributed by atoms with Crippen LogP contribution in [0.25, 0.3) is 0 Å². The molecular weight excluding hydrogens is 312 g/mol. The molecule has 0 aliphatic carbocycles. The van der Waals surface area contributed by atoms with E-state index < -0.39 is 5.60 Å². The molecular formula is C13H23BrN2OS. The van der Waals surface area contributed by atoms with Gasteiger partial charge in [-0.2, -0.15) is 0 Å². The van der Waals surface area contributed by atoms with Crippen LogP contribution < -0.4 is 5.73 Å². The van der Waals surface area contributed by atoms with E-state index in [1.54, 1.807) is 11.3 Å². The van der Waals surface area contributed by atoms with Crippen LogP contribution in [0, 0.1) is 0 Å². The summed E-state index contributed by atoms with van der Waals surface area (Å²) in [6.07, 6.45) is 0. The van der Waals surface area contributed by atoms with Crippen LogP contribution in [0.1, 0.15) is 38.6 Å². The highest BCUT2D eigenvalue weighted by Gasteiger charge is 2.28. The molecule has 0 aliphatic rings. The third kappa shape index (κ3) is 4.63. The number of likely N-dealkylation sites (N-methyl/N-ethyl adjacent to an activating group) is 1. The first kappa shape index (κ1) is 16.1. The predicted octanol–water partition coefficient (Wildman–Crippen LogP) is 2.99. The molecule has 1 heterocycles. The van der Waals surface area contributed by atoms with Crippen molar-refractivity contribution in [2.75, 3.05) is 13.1 Å². The lowest BCUT2D eigenvalue weighted by atomic mass is 10.0. The Morgan fingerprint density at radius 2 is 2.11 bits per heavy atom.